The van der Waals surface area contributed by atoms with Crippen molar-refractivity contribution >= 4 is 0 Å². The first-order chi connectivity index (χ1) is 8.70. The average molecular weight is 249 g/mol. The van der Waals surface area contributed by atoms with Crippen LogP contribution in [0.25, 0.3) is 0 Å². The summed E-state index contributed by atoms with van der Waals surface area (Å²) in [6.45, 7) is 3.10. The summed E-state index contributed by atoms with van der Waals surface area (Å²) in [5, 5.41) is 13.1. The van der Waals surface area contributed by atoms with E-state index >= 15 is 0 Å². The SMILES string of the molecule is COc1cc(CN[C@@H](C)C2CCCC2)ccc1O. The Hall–Kier alpha value is -1.22. The maximum atomic E-state index is 9.54. The fourth-order valence-corrected chi connectivity index (χ4v) is 2.73. The summed E-state index contributed by atoms with van der Waals surface area (Å²) in [5.41, 5.74) is 1.15. The molecule has 2 rings (SSSR count). The lowest BCUT2D eigenvalue weighted by molar-refractivity contribution is 0.369. The molecule has 0 radical (unpaired) electrons. The molecule has 18 heavy (non-hydrogen) atoms. The Balaban J connectivity index is 1.89. The fourth-order valence-electron chi connectivity index (χ4n) is 2.73. The highest BCUT2D eigenvalue weighted by Gasteiger charge is 2.20. The van der Waals surface area contributed by atoms with E-state index in [1.54, 1.807) is 13.2 Å². The molecule has 1 aromatic carbocycles. The van der Waals surface area contributed by atoms with Crippen molar-refractivity contribution in [1.29, 1.82) is 0 Å². The summed E-state index contributed by atoms with van der Waals surface area (Å²) in [6, 6.07) is 6.08. The van der Waals surface area contributed by atoms with Gasteiger partial charge in [-0.05, 0) is 43.4 Å². The zero-order chi connectivity index (χ0) is 13.0. The minimum Gasteiger partial charge on any atom is -0.504 e. The van der Waals surface area contributed by atoms with Gasteiger partial charge in [0.25, 0.3) is 0 Å². The Morgan fingerprint density at radius 1 is 1.39 bits per heavy atom. The van der Waals surface area contributed by atoms with E-state index < -0.39 is 0 Å². The number of hydrogen-bond donors (Lipinski definition) is 2. The van der Waals surface area contributed by atoms with Crippen LogP contribution in [0.15, 0.2) is 18.2 Å². The predicted molar refractivity (Wildman–Crippen MR) is 72.9 cm³/mol. The van der Waals surface area contributed by atoms with Crippen LogP contribution >= 0.6 is 0 Å². The van der Waals surface area contributed by atoms with Crippen LogP contribution in [0.3, 0.4) is 0 Å². The topological polar surface area (TPSA) is 41.5 Å². The molecular weight excluding hydrogens is 226 g/mol. The fraction of sp³-hybridized carbons (Fsp3) is 0.600. The van der Waals surface area contributed by atoms with Crippen molar-refractivity contribution in [3.05, 3.63) is 23.8 Å². The molecule has 2 N–H and O–H groups in total. The molecule has 3 nitrogen and oxygen atoms in total. The van der Waals surface area contributed by atoms with Crippen LogP contribution in [0.1, 0.15) is 38.2 Å². The van der Waals surface area contributed by atoms with Crippen LogP contribution in [-0.2, 0) is 6.54 Å². The first-order valence-corrected chi connectivity index (χ1v) is 6.80. The molecule has 0 amide bonds. The smallest absolute Gasteiger partial charge is 0.160 e. The molecule has 0 saturated heterocycles. The molecule has 1 fully saturated rings. The lowest BCUT2D eigenvalue weighted by atomic mass is 9.99. The first kappa shape index (κ1) is 13.2. The number of methoxy groups -OCH3 is 1. The number of phenolic OH excluding ortho intramolecular Hbond substituents is 1. The van der Waals surface area contributed by atoms with E-state index in [2.05, 4.69) is 12.2 Å². The third-order valence-electron chi connectivity index (χ3n) is 3.98. The van der Waals surface area contributed by atoms with Crippen molar-refractivity contribution in [1.82, 2.24) is 5.32 Å². The van der Waals surface area contributed by atoms with Gasteiger partial charge in [-0.25, -0.2) is 0 Å². The van der Waals surface area contributed by atoms with E-state index in [4.69, 9.17) is 4.74 Å². The van der Waals surface area contributed by atoms with Gasteiger partial charge in [0, 0.05) is 12.6 Å². The van der Waals surface area contributed by atoms with Gasteiger partial charge in [0.15, 0.2) is 11.5 Å². The second kappa shape index (κ2) is 6.10. The molecule has 0 heterocycles. The number of phenols is 1. The number of aromatic hydroxyl groups is 1. The van der Waals surface area contributed by atoms with Crippen molar-refractivity contribution in [2.45, 2.75) is 45.2 Å². The van der Waals surface area contributed by atoms with Gasteiger partial charge in [0.1, 0.15) is 0 Å². The highest BCUT2D eigenvalue weighted by molar-refractivity contribution is 5.41. The van der Waals surface area contributed by atoms with Crippen molar-refractivity contribution in [3.63, 3.8) is 0 Å². The van der Waals surface area contributed by atoms with Gasteiger partial charge in [-0.15, -0.1) is 0 Å². The van der Waals surface area contributed by atoms with Gasteiger partial charge in [0.05, 0.1) is 7.11 Å². The highest BCUT2D eigenvalue weighted by atomic mass is 16.5. The van der Waals surface area contributed by atoms with Crippen molar-refractivity contribution in [3.8, 4) is 11.5 Å². The summed E-state index contributed by atoms with van der Waals surface area (Å²) in [4.78, 5) is 0. The van der Waals surface area contributed by atoms with Crippen LogP contribution < -0.4 is 10.1 Å². The van der Waals surface area contributed by atoms with E-state index in [9.17, 15) is 5.11 Å². The number of nitrogens with one attached hydrogen (secondary N) is 1. The number of benzene rings is 1. The number of rotatable bonds is 5. The lowest BCUT2D eigenvalue weighted by Gasteiger charge is -2.20. The zero-order valence-corrected chi connectivity index (χ0v) is 11.3. The van der Waals surface area contributed by atoms with Gasteiger partial charge < -0.3 is 15.2 Å². The van der Waals surface area contributed by atoms with E-state index in [1.807, 2.05) is 12.1 Å². The standard InChI is InChI=1S/C15H23NO2/c1-11(13-5-3-4-6-13)16-10-12-7-8-14(17)15(9-12)18-2/h7-9,11,13,16-17H,3-6,10H2,1-2H3/t11-/m0/s1. The Kier molecular flexibility index (Phi) is 4.48. The Labute approximate surface area is 109 Å². The molecule has 1 aromatic rings. The largest absolute Gasteiger partial charge is 0.504 e. The third-order valence-corrected chi connectivity index (χ3v) is 3.98. The van der Waals surface area contributed by atoms with Gasteiger partial charge in [-0.3, -0.25) is 0 Å². The number of ether oxygens (including phenoxy) is 1. The van der Waals surface area contributed by atoms with Gasteiger partial charge in [0.2, 0.25) is 0 Å². The quantitative estimate of drug-likeness (QED) is 0.842. The van der Waals surface area contributed by atoms with Crippen LogP contribution in [-0.4, -0.2) is 18.3 Å². The molecule has 0 aromatic heterocycles. The molecule has 0 aliphatic heterocycles. The summed E-state index contributed by atoms with van der Waals surface area (Å²) in [6.07, 6.45) is 5.47. The Morgan fingerprint density at radius 2 is 2.11 bits per heavy atom. The maximum absolute atomic E-state index is 9.54. The van der Waals surface area contributed by atoms with Gasteiger partial charge in [-0.2, -0.15) is 0 Å². The van der Waals surface area contributed by atoms with E-state index in [-0.39, 0.29) is 5.75 Å². The third kappa shape index (κ3) is 3.16. The van der Waals surface area contributed by atoms with Crippen molar-refractivity contribution in [2.24, 2.45) is 5.92 Å². The predicted octanol–water partition coefficient (Wildman–Crippen LogP) is 3.07. The number of hydrogen-bond acceptors (Lipinski definition) is 3. The molecule has 1 aliphatic rings. The van der Waals surface area contributed by atoms with Crippen molar-refractivity contribution in [2.75, 3.05) is 7.11 Å². The molecule has 3 heteroatoms. The highest BCUT2D eigenvalue weighted by Crippen LogP contribution is 2.28. The Bertz CT molecular complexity index is 386. The lowest BCUT2D eigenvalue weighted by Crippen LogP contribution is -2.31. The van der Waals surface area contributed by atoms with Crippen LogP contribution in [0.5, 0.6) is 11.5 Å². The molecule has 1 atom stereocenters. The first-order valence-electron chi connectivity index (χ1n) is 6.80. The van der Waals surface area contributed by atoms with E-state index in [0.29, 0.717) is 11.8 Å². The molecule has 100 valence electrons. The zero-order valence-electron chi connectivity index (χ0n) is 11.3. The summed E-state index contributed by atoms with van der Waals surface area (Å²) < 4.78 is 5.11. The minimum atomic E-state index is 0.199. The van der Waals surface area contributed by atoms with E-state index in [1.165, 1.54) is 25.7 Å². The summed E-state index contributed by atoms with van der Waals surface area (Å²) in [7, 11) is 1.58. The second-order valence-corrected chi connectivity index (χ2v) is 5.22. The van der Waals surface area contributed by atoms with Gasteiger partial charge in [-0.1, -0.05) is 18.9 Å². The molecule has 0 spiro atoms. The Morgan fingerprint density at radius 3 is 2.78 bits per heavy atom. The second-order valence-electron chi connectivity index (χ2n) is 5.22. The van der Waals surface area contributed by atoms with E-state index in [0.717, 1.165) is 18.0 Å². The molecule has 1 saturated carbocycles. The normalized spacial score (nSPS) is 17.9. The average Bonchev–Trinajstić information content (AvgIpc) is 2.91. The molecule has 1 aliphatic carbocycles. The van der Waals surface area contributed by atoms with Crippen LogP contribution in [0.4, 0.5) is 0 Å². The monoisotopic (exact) mass is 249 g/mol. The molecule has 0 unspecified atom stereocenters. The van der Waals surface area contributed by atoms with Gasteiger partial charge >= 0.3 is 0 Å². The van der Waals surface area contributed by atoms with Crippen LogP contribution in [0.2, 0.25) is 0 Å². The summed E-state index contributed by atoms with van der Waals surface area (Å²) >= 11 is 0. The molecule has 0 bridgehead atoms. The van der Waals surface area contributed by atoms with Crippen molar-refractivity contribution < 1.29 is 9.84 Å². The molecular formula is C15H23NO2. The van der Waals surface area contributed by atoms with Crippen LogP contribution in [0, 0.1) is 5.92 Å². The maximum Gasteiger partial charge on any atom is 0.160 e. The summed E-state index contributed by atoms with van der Waals surface area (Å²) in [5.74, 6) is 1.57. The minimum absolute atomic E-state index is 0.199.